The molecular formula is C11H10BrF3O2. The van der Waals surface area contributed by atoms with Crippen LogP contribution >= 0.6 is 15.9 Å². The van der Waals surface area contributed by atoms with Crippen LogP contribution in [-0.4, -0.2) is 12.4 Å². The number of carbonyl (C=O) groups excluding carboxylic acids is 1. The molecule has 0 aliphatic heterocycles. The Hall–Kier alpha value is -1.04. The molecule has 0 unspecified atom stereocenters. The fourth-order valence-electron chi connectivity index (χ4n) is 1.42. The minimum atomic E-state index is -4.63. The van der Waals surface area contributed by atoms with Crippen molar-refractivity contribution in [3.05, 3.63) is 27.7 Å². The van der Waals surface area contributed by atoms with E-state index < -0.39 is 17.5 Å². The van der Waals surface area contributed by atoms with Crippen LogP contribution in [0.4, 0.5) is 13.2 Å². The van der Waals surface area contributed by atoms with Gasteiger partial charge in [-0.3, -0.25) is 4.79 Å². The summed E-state index contributed by atoms with van der Waals surface area (Å²) in [7, 11) is 0. The van der Waals surface area contributed by atoms with Gasteiger partial charge >= 0.3 is 6.18 Å². The molecule has 2 nitrogen and oxygen atoms in total. The highest BCUT2D eigenvalue weighted by molar-refractivity contribution is 9.10. The molecule has 0 heterocycles. The van der Waals surface area contributed by atoms with Gasteiger partial charge in [-0.1, -0.05) is 0 Å². The van der Waals surface area contributed by atoms with Crippen LogP contribution in [0.5, 0.6) is 5.75 Å². The first kappa shape index (κ1) is 14.0. The number of benzene rings is 1. The van der Waals surface area contributed by atoms with Crippen LogP contribution in [0.2, 0.25) is 0 Å². The first-order chi connectivity index (χ1) is 7.79. The fraction of sp³-hybridized carbons (Fsp3) is 0.364. The van der Waals surface area contributed by atoms with Gasteiger partial charge in [0, 0.05) is 5.56 Å². The van der Waals surface area contributed by atoms with E-state index in [1.54, 1.807) is 6.92 Å². The van der Waals surface area contributed by atoms with Gasteiger partial charge in [0.15, 0.2) is 5.78 Å². The lowest BCUT2D eigenvalue weighted by molar-refractivity contribution is -0.139. The average Bonchev–Trinajstić information content (AvgIpc) is 2.18. The van der Waals surface area contributed by atoms with Gasteiger partial charge in [-0.05, 0) is 41.9 Å². The molecule has 0 saturated carbocycles. The second-order valence-electron chi connectivity index (χ2n) is 3.29. The van der Waals surface area contributed by atoms with Crippen molar-refractivity contribution in [2.75, 3.05) is 6.61 Å². The number of hydrogen-bond donors (Lipinski definition) is 0. The SMILES string of the molecule is CCOc1c(Br)ccc(C(C)=O)c1C(F)(F)F. The summed E-state index contributed by atoms with van der Waals surface area (Å²) in [5.41, 5.74) is -1.41. The van der Waals surface area contributed by atoms with E-state index in [2.05, 4.69) is 15.9 Å². The third-order valence-corrected chi connectivity index (χ3v) is 2.69. The summed E-state index contributed by atoms with van der Waals surface area (Å²) in [4.78, 5) is 11.2. The predicted molar refractivity (Wildman–Crippen MR) is 60.3 cm³/mol. The minimum Gasteiger partial charge on any atom is -0.492 e. The number of alkyl halides is 3. The number of Topliss-reactive ketones (excluding diaryl/α,β-unsaturated/α-hetero) is 1. The van der Waals surface area contributed by atoms with Crippen LogP contribution in [0.15, 0.2) is 16.6 Å². The molecule has 0 bridgehead atoms. The maximum Gasteiger partial charge on any atom is 0.420 e. The molecule has 0 aromatic heterocycles. The summed E-state index contributed by atoms with van der Waals surface area (Å²) in [6.45, 7) is 2.75. The summed E-state index contributed by atoms with van der Waals surface area (Å²) in [6, 6.07) is 2.51. The zero-order valence-electron chi connectivity index (χ0n) is 9.19. The van der Waals surface area contributed by atoms with E-state index in [0.717, 1.165) is 13.0 Å². The molecule has 1 aromatic carbocycles. The summed E-state index contributed by atoms with van der Waals surface area (Å²) < 4.78 is 43.9. The van der Waals surface area contributed by atoms with Crippen molar-refractivity contribution in [2.45, 2.75) is 20.0 Å². The normalized spacial score (nSPS) is 11.4. The van der Waals surface area contributed by atoms with E-state index in [4.69, 9.17) is 4.74 Å². The highest BCUT2D eigenvalue weighted by Gasteiger charge is 2.39. The predicted octanol–water partition coefficient (Wildman–Crippen LogP) is 4.07. The molecular weight excluding hydrogens is 301 g/mol. The van der Waals surface area contributed by atoms with Gasteiger partial charge in [0.2, 0.25) is 0 Å². The molecule has 0 atom stereocenters. The highest BCUT2D eigenvalue weighted by atomic mass is 79.9. The number of ketones is 1. The van der Waals surface area contributed by atoms with E-state index in [1.807, 2.05) is 0 Å². The summed E-state index contributed by atoms with van der Waals surface area (Å²) in [5, 5.41) is 0. The smallest absolute Gasteiger partial charge is 0.420 e. The molecule has 0 spiro atoms. The first-order valence-corrected chi connectivity index (χ1v) is 5.61. The Labute approximate surface area is 105 Å². The lowest BCUT2D eigenvalue weighted by Crippen LogP contribution is -2.14. The number of ether oxygens (including phenoxy) is 1. The number of carbonyl (C=O) groups is 1. The zero-order valence-corrected chi connectivity index (χ0v) is 10.8. The molecule has 0 amide bonds. The van der Waals surface area contributed by atoms with Crippen molar-refractivity contribution >= 4 is 21.7 Å². The molecule has 1 rings (SSSR count). The van der Waals surface area contributed by atoms with Crippen molar-refractivity contribution in [1.29, 1.82) is 0 Å². The van der Waals surface area contributed by atoms with Crippen LogP contribution in [0.3, 0.4) is 0 Å². The van der Waals surface area contributed by atoms with Gasteiger partial charge in [-0.2, -0.15) is 13.2 Å². The van der Waals surface area contributed by atoms with Crippen molar-refractivity contribution in [2.24, 2.45) is 0 Å². The standard InChI is InChI=1S/C11H10BrF3O2/c1-3-17-10-8(12)5-4-7(6(2)16)9(10)11(13,14)15/h4-5H,3H2,1-2H3. The van der Waals surface area contributed by atoms with Gasteiger partial charge in [0.1, 0.15) is 11.3 Å². The Balaban J connectivity index is 3.56. The van der Waals surface area contributed by atoms with E-state index in [0.29, 0.717) is 0 Å². The number of hydrogen-bond acceptors (Lipinski definition) is 2. The van der Waals surface area contributed by atoms with E-state index in [-0.39, 0.29) is 22.4 Å². The molecule has 94 valence electrons. The Morgan fingerprint density at radius 1 is 1.41 bits per heavy atom. The molecule has 1 aromatic rings. The van der Waals surface area contributed by atoms with Crippen LogP contribution < -0.4 is 4.74 Å². The molecule has 6 heteroatoms. The summed E-state index contributed by atoms with van der Waals surface area (Å²) in [5.74, 6) is -0.988. The van der Waals surface area contributed by atoms with Gasteiger partial charge in [0.05, 0.1) is 11.1 Å². The second-order valence-corrected chi connectivity index (χ2v) is 4.14. The maximum atomic E-state index is 12.9. The van der Waals surface area contributed by atoms with Crippen molar-refractivity contribution < 1.29 is 22.7 Å². The van der Waals surface area contributed by atoms with E-state index in [1.165, 1.54) is 6.07 Å². The number of halogens is 4. The van der Waals surface area contributed by atoms with E-state index in [9.17, 15) is 18.0 Å². The van der Waals surface area contributed by atoms with Gasteiger partial charge in [-0.25, -0.2) is 0 Å². The largest absolute Gasteiger partial charge is 0.492 e. The molecule has 0 aliphatic rings. The van der Waals surface area contributed by atoms with Gasteiger partial charge in [0.25, 0.3) is 0 Å². The van der Waals surface area contributed by atoms with Crippen molar-refractivity contribution in [1.82, 2.24) is 0 Å². The topological polar surface area (TPSA) is 26.3 Å². The Morgan fingerprint density at radius 3 is 2.41 bits per heavy atom. The Kier molecular flexibility index (Phi) is 4.19. The first-order valence-electron chi connectivity index (χ1n) is 4.82. The third kappa shape index (κ3) is 3.00. The van der Waals surface area contributed by atoms with Crippen LogP contribution in [0, 0.1) is 0 Å². The summed E-state index contributed by atoms with van der Waals surface area (Å²) in [6.07, 6.45) is -4.63. The molecule has 0 fully saturated rings. The van der Waals surface area contributed by atoms with E-state index >= 15 is 0 Å². The lowest BCUT2D eigenvalue weighted by Gasteiger charge is -2.17. The molecule has 0 radical (unpaired) electrons. The maximum absolute atomic E-state index is 12.9. The molecule has 0 saturated heterocycles. The molecule has 17 heavy (non-hydrogen) atoms. The van der Waals surface area contributed by atoms with Gasteiger partial charge in [-0.15, -0.1) is 0 Å². The fourth-order valence-corrected chi connectivity index (χ4v) is 1.86. The average molecular weight is 311 g/mol. The monoisotopic (exact) mass is 310 g/mol. The second kappa shape index (κ2) is 5.08. The number of rotatable bonds is 3. The van der Waals surface area contributed by atoms with Crippen molar-refractivity contribution in [3.8, 4) is 5.75 Å². The lowest BCUT2D eigenvalue weighted by atomic mass is 10.0. The molecule has 0 N–H and O–H groups in total. The molecule has 0 aliphatic carbocycles. The van der Waals surface area contributed by atoms with Crippen LogP contribution in [0.25, 0.3) is 0 Å². The third-order valence-electron chi connectivity index (χ3n) is 2.06. The Morgan fingerprint density at radius 2 is 2.00 bits per heavy atom. The van der Waals surface area contributed by atoms with Gasteiger partial charge < -0.3 is 4.74 Å². The minimum absolute atomic E-state index is 0.0863. The quantitative estimate of drug-likeness (QED) is 0.787. The zero-order chi connectivity index (χ0) is 13.2. The highest BCUT2D eigenvalue weighted by Crippen LogP contribution is 2.42. The van der Waals surface area contributed by atoms with Crippen LogP contribution in [0.1, 0.15) is 29.8 Å². The Bertz CT molecular complexity index is 441. The van der Waals surface area contributed by atoms with Crippen molar-refractivity contribution in [3.63, 3.8) is 0 Å². The van der Waals surface area contributed by atoms with Crippen LogP contribution in [-0.2, 0) is 6.18 Å². The summed E-state index contributed by atoms with van der Waals surface area (Å²) >= 11 is 2.99.